The molecule has 76 heavy (non-hydrogen) atoms. The number of nitrogens with zero attached hydrogens (tertiary/aromatic N) is 4. The zero-order chi connectivity index (χ0) is 50.4. The standard InChI is InChI=1S/C72H46N4/c1-7-19-49(20-8-1)61-43-65(53-23-11-3-12-24-53)73-69-57(61)39-41-59-63(45-67(75-71(59)69)55-27-15-5-16-28-55)51-35-31-47(32-36-51)48-33-37-52(38-34-48)64-46-68(56-29-17-6-18-30-56)76-72-60(64)42-40-58-62(50-21-9-2-10-22-50)44-66(74-70(58)72)54-25-13-4-14-26-54/h1-46H. The Hall–Kier alpha value is -10.2. The molecule has 4 aromatic heterocycles. The Labute approximate surface area is 441 Å². The molecule has 0 aliphatic heterocycles. The number of hydrogen-bond acceptors (Lipinski definition) is 4. The summed E-state index contributed by atoms with van der Waals surface area (Å²) in [5, 5.41) is 4.24. The summed E-state index contributed by atoms with van der Waals surface area (Å²) in [5.74, 6) is 0. The zero-order valence-electron chi connectivity index (χ0n) is 41.3. The van der Waals surface area contributed by atoms with Crippen LogP contribution in [0.5, 0.6) is 0 Å². The van der Waals surface area contributed by atoms with Crippen molar-refractivity contribution in [2.45, 2.75) is 0 Å². The van der Waals surface area contributed by atoms with Gasteiger partial charge in [-0.3, -0.25) is 0 Å². The third-order valence-electron chi connectivity index (χ3n) is 14.7. The first kappa shape index (κ1) is 44.5. The van der Waals surface area contributed by atoms with E-state index in [2.05, 4.69) is 267 Å². The minimum absolute atomic E-state index is 0.875. The maximum atomic E-state index is 5.45. The first-order chi connectivity index (χ1) is 37.7. The summed E-state index contributed by atoms with van der Waals surface area (Å²) >= 11 is 0. The molecule has 4 heterocycles. The summed E-state index contributed by atoms with van der Waals surface area (Å²) in [7, 11) is 0. The number of benzene rings is 10. The topological polar surface area (TPSA) is 51.6 Å². The van der Waals surface area contributed by atoms with E-state index in [4.69, 9.17) is 19.9 Å². The van der Waals surface area contributed by atoms with Crippen molar-refractivity contribution in [2.24, 2.45) is 0 Å². The van der Waals surface area contributed by atoms with Gasteiger partial charge >= 0.3 is 0 Å². The van der Waals surface area contributed by atoms with Gasteiger partial charge in [0.05, 0.1) is 44.8 Å². The van der Waals surface area contributed by atoms with Crippen molar-refractivity contribution in [3.63, 3.8) is 0 Å². The summed E-state index contributed by atoms with van der Waals surface area (Å²) in [4.78, 5) is 21.7. The van der Waals surface area contributed by atoms with Gasteiger partial charge in [-0.25, -0.2) is 19.9 Å². The normalized spacial score (nSPS) is 11.4. The van der Waals surface area contributed by atoms with Gasteiger partial charge in [-0.15, -0.1) is 0 Å². The molecule has 0 bridgehead atoms. The van der Waals surface area contributed by atoms with Gasteiger partial charge in [-0.2, -0.15) is 0 Å². The van der Waals surface area contributed by atoms with Gasteiger partial charge < -0.3 is 0 Å². The van der Waals surface area contributed by atoms with Crippen molar-refractivity contribution in [1.82, 2.24) is 19.9 Å². The fourth-order valence-electron chi connectivity index (χ4n) is 10.9. The molecule has 0 fully saturated rings. The molecule has 4 nitrogen and oxygen atoms in total. The number of pyridine rings is 4. The largest absolute Gasteiger partial charge is 0.245 e. The SMILES string of the molecule is c1ccc(-c2cc(-c3ccccc3)c3ccc4c(-c5ccc(-c6ccc(-c7cc(-c8ccccc8)nc8c7ccc7c(-c9ccccc9)cc(-c9ccccc9)nc78)cc6)cc5)cc(-c5ccccc5)nc4c3n2)cc1. The van der Waals surface area contributed by atoms with E-state index < -0.39 is 0 Å². The van der Waals surface area contributed by atoms with Crippen molar-refractivity contribution >= 4 is 43.6 Å². The Morgan fingerprint density at radius 3 is 0.566 bits per heavy atom. The van der Waals surface area contributed by atoms with E-state index in [-0.39, 0.29) is 0 Å². The molecule has 0 spiro atoms. The van der Waals surface area contributed by atoms with Crippen molar-refractivity contribution in [3.8, 4) is 101 Å². The first-order valence-electron chi connectivity index (χ1n) is 25.8. The van der Waals surface area contributed by atoms with Crippen LogP contribution in [0.25, 0.3) is 144 Å². The molecular weight excluding hydrogens is 921 g/mol. The molecule has 0 unspecified atom stereocenters. The number of rotatable bonds is 9. The van der Waals surface area contributed by atoms with Crippen LogP contribution in [0.15, 0.2) is 279 Å². The van der Waals surface area contributed by atoms with Gasteiger partial charge in [0.15, 0.2) is 0 Å². The smallest absolute Gasteiger partial charge is 0.0978 e. The summed E-state index contributed by atoms with van der Waals surface area (Å²) in [5.41, 5.74) is 22.6. The first-order valence-corrected chi connectivity index (χ1v) is 25.8. The maximum Gasteiger partial charge on any atom is 0.0978 e. The fraction of sp³-hybridized carbons (Fsp3) is 0. The minimum Gasteiger partial charge on any atom is -0.245 e. The van der Waals surface area contributed by atoms with Crippen molar-refractivity contribution in [3.05, 3.63) is 279 Å². The number of aromatic nitrogens is 4. The van der Waals surface area contributed by atoms with Crippen LogP contribution in [0.3, 0.4) is 0 Å². The van der Waals surface area contributed by atoms with Gasteiger partial charge in [0, 0.05) is 43.8 Å². The quantitative estimate of drug-likeness (QED) is 0.135. The van der Waals surface area contributed by atoms with E-state index in [1.165, 1.54) is 0 Å². The van der Waals surface area contributed by atoms with Crippen LogP contribution in [0.1, 0.15) is 0 Å². The minimum atomic E-state index is 0.875. The molecular formula is C72H46N4. The predicted molar refractivity (Wildman–Crippen MR) is 317 cm³/mol. The molecule has 0 radical (unpaired) electrons. The van der Waals surface area contributed by atoms with Crippen molar-refractivity contribution in [2.75, 3.05) is 0 Å². The summed E-state index contributed by atoms with van der Waals surface area (Å²) in [6.45, 7) is 0. The van der Waals surface area contributed by atoms with E-state index in [1.807, 2.05) is 12.1 Å². The highest BCUT2D eigenvalue weighted by Gasteiger charge is 2.20. The molecule has 10 aromatic carbocycles. The molecule has 0 N–H and O–H groups in total. The van der Waals surface area contributed by atoms with Crippen molar-refractivity contribution < 1.29 is 0 Å². The molecule has 0 aliphatic carbocycles. The molecule has 354 valence electrons. The highest BCUT2D eigenvalue weighted by atomic mass is 14.8. The predicted octanol–water partition coefficient (Wildman–Crippen LogP) is 18.9. The third-order valence-corrected chi connectivity index (χ3v) is 14.7. The van der Waals surface area contributed by atoms with Crippen LogP contribution >= 0.6 is 0 Å². The summed E-state index contributed by atoms with van der Waals surface area (Å²) < 4.78 is 0. The van der Waals surface area contributed by atoms with E-state index in [0.29, 0.717) is 0 Å². The Balaban J connectivity index is 0.883. The average molecular weight is 967 g/mol. The lowest BCUT2D eigenvalue weighted by Gasteiger charge is -2.16. The Morgan fingerprint density at radius 2 is 0.342 bits per heavy atom. The lowest BCUT2D eigenvalue weighted by molar-refractivity contribution is 1.36. The van der Waals surface area contributed by atoms with E-state index in [1.54, 1.807) is 0 Å². The van der Waals surface area contributed by atoms with Crippen LogP contribution in [-0.4, -0.2) is 19.9 Å². The highest BCUT2D eigenvalue weighted by Crippen LogP contribution is 2.42. The lowest BCUT2D eigenvalue weighted by Crippen LogP contribution is -1.96. The monoisotopic (exact) mass is 966 g/mol. The molecule has 0 atom stereocenters. The van der Waals surface area contributed by atoms with Gasteiger partial charge in [0.25, 0.3) is 0 Å². The second-order valence-electron chi connectivity index (χ2n) is 19.3. The Bertz CT molecular complexity index is 4140. The van der Waals surface area contributed by atoms with E-state index in [0.717, 1.165) is 144 Å². The molecule has 14 aromatic rings. The molecule has 0 saturated carbocycles. The van der Waals surface area contributed by atoms with Gasteiger partial charge in [-0.1, -0.05) is 255 Å². The molecule has 0 amide bonds. The zero-order valence-corrected chi connectivity index (χ0v) is 41.3. The Morgan fingerprint density at radius 1 is 0.158 bits per heavy atom. The molecule has 0 saturated heterocycles. The summed E-state index contributed by atoms with van der Waals surface area (Å²) in [6.07, 6.45) is 0. The summed E-state index contributed by atoms with van der Waals surface area (Å²) in [6, 6.07) is 98.8. The van der Waals surface area contributed by atoms with Gasteiger partial charge in [-0.05, 0) is 79.9 Å². The molecule has 4 heteroatoms. The Kier molecular flexibility index (Phi) is 11.2. The van der Waals surface area contributed by atoms with Crippen molar-refractivity contribution in [1.29, 1.82) is 0 Å². The number of hydrogen-bond donors (Lipinski definition) is 0. The average Bonchev–Trinajstić information content (AvgIpc) is 3.60. The fourth-order valence-corrected chi connectivity index (χ4v) is 10.9. The van der Waals surface area contributed by atoms with Crippen LogP contribution in [0.2, 0.25) is 0 Å². The van der Waals surface area contributed by atoms with Crippen LogP contribution in [-0.2, 0) is 0 Å². The van der Waals surface area contributed by atoms with Crippen LogP contribution in [0.4, 0.5) is 0 Å². The molecule has 14 rings (SSSR count). The van der Waals surface area contributed by atoms with E-state index in [9.17, 15) is 0 Å². The highest BCUT2D eigenvalue weighted by molar-refractivity contribution is 6.15. The van der Waals surface area contributed by atoms with E-state index >= 15 is 0 Å². The second kappa shape index (κ2) is 19.0. The third kappa shape index (κ3) is 8.15. The molecule has 0 aliphatic rings. The van der Waals surface area contributed by atoms with Gasteiger partial charge in [0.1, 0.15) is 0 Å². The maximum absolute atomic E-state index is 5.45. The van der Waals surface area contributed by atoms with Crippen LogP contribution in [0, 0.1) is 0 Å². The second-order valence-corrected chi connectivity index (χ2v) is 19.3. The number of fused-ring (bicyclic) bond motifs is 6. The lowest BCUT2D eigenvalue weighted by atomic mass is 9.92. The van der Waals surface area contributed by atoms with Gasteiger partial charge in [0.2, 0.25) is 0 Å². The van der Waals surface area contributed by atoms with Crippen LogP contribution < -0.4 is 0 Å².